The summed E-state index contributed by atoms with van der Waals surface area (Å²) in [6, 6.07) is 4.59. The Bertz CT molecular complexity index is 592. The predicted molar refractivity (Wildman–Crippen MR) is 75.0 cm³/mol. The van der Waals surface area contributed by atoms with Gasteiger partial charge in [0.05, 0.1) is 28.6 Å². The standard InChI is InChI=1S/C14H18ClFN2O/c1-9(15)13-17-11-7-10(16)5-6-12(11)18(13)8-14(2,3)19-4/h5-7,9H,8H2,1-4H3. The van der Waals surface area contributed by atoms with Gasteiger partial charge in [-0.3, -0.25) is 0 Å². The predicted octanol–water partition coefficient (Wildman–Crippen LogP) is 3.90. The maximum atomic E-state index is 13.3. The largest absolute Gasteiger partial charge is 0.377 e. The van der Waals surface area contributed by atoms with Crippen LogP contribution in [-0.2, 0) is 11.3 Å². The van der Waals surface area contributed by atoms with Crippen LogP contribution in [0.4, 0.5) is 4.39 Å². The lowest BCUT2D eigenvalue weighted by atomic mass is 10.1. The van der Waals surface area contributed by atoms with Crippen molar-refractivity contribution >= 4 is 22.6 Å². The summed E-state index contributed by atoms with van der Waals surface area (Å²) in [4.78, 5) is 4.43. The van der Waals surface area contributed by atoms with Crippen LogP contribution in [0, 0.1) is 5.82 Å². The number of hydrogen-bond donors (Lipinski definition) is 0. The van der Waals surface area contributed by atoms with Gasteiger partial charge in [-0.15, -0.1) is 11.6 Å². The molecule has 0 aliphatic heterocycles. The summed E-state index contributed by atoms with van der Waals surface area (Å²) >= 11 is 6.17. The topological polar surface area (TPSA) is 27.1 Å². The van der Waals surface area contributed by atoms with Crippen LogP contribution in [0.2, 0.25) is 0 Å². The average Bonchev–Trinajstić information content (AvgIpc) is 2.67. The first-order valence-corrected chi connectivity index (χ1v) is 6.62. The zero-order chi connectivity index (χ0) is 14.2. The van der Waals surface area contributed by atoms with Gasteiger partial charge in [0.25, 0.3) is 0 Å². The summed E-state index contributed by atoms with van der Waals surface area (Å²) < 4.78 is 20.7. The van der Waals surface area contributed by atoms with Crippen molar-refractivity contribution < 1.29 is 9.13 Å². The Hall–Kier alpha value is -1.13. The number of benzene rings is 1. The molecule has 5 heteroatoms. The minimum atomic E-state index is -0.345. The van der Waals surface area contributed by atoms with Gasteiger partial charge in [-0.2, -0.15) is 0 Å². The van der Waals surface area contributed by atoms with Crippen LogP contribution in [0.5, 0.6) is 0 Å². The molecule has 0 fully saturated rings. The number of methoxy groups -OCH3 is 1. The molecule has 1 aromatic heterocycles. The number of aromatic nitrogens is 2. The fraction of sp³-hybridized carbons (Fsp3) is 0.500. The Balaban J connectivity index is 2.59. The van der Waals surface area contributed by atoms with Crippen LogP contribution >= 0.6 is 11.6 Å². The van der Waals surface area contributed by atoms with E-state index in [1.165, 1.54) is 12.1 Å². The van der Waals surface area contributed by atoms with Crippen molar-refractivity contribution in [2.75, 3.05) is 7.11 Å². The summed E-state index contributed by atoms with van der Waals surface area (Å²) in [7, 11) is 1.67. The van der Waals surface area contributed by atoms with E-state index in [0.717, 1.165) is 11.3 Å². The number of fused-ring (bicyclic) bond motifs is 1. The lowest BCUT2D eigenvalue weighted by Crippen LogP contribution is -2.29. The highest BCUT2D eigenvalue weighted by Crippen LogP contribution is 2.27. The van der Waals surface area contributed by atoms with Crippen molar-refractivity contribution in [2.24, 2.45) is 0 Å². The Morgan fingerprint density at radius 1 is 1.47 bits per heavy atom. The summed E-state index contributed by atoms with van der Waals surface area (Å²) in [6.07, 6.45) is 0. The maximum absolute atomic E-state index is 13.3. The third kappa shape index (κ3) is 2.90. The zero-order valence-corrected chi connectivity index (χ0v) is 12.3. The fourth-order valence-electron chi connectivity index (χ4n) is 2.04. The monoisotopic (exact) mass is 284 g/mol. The Morgan fingerprint density at radius 2 is 2.16 bits per heavy atom. The van der Waals surface area contributed by atoms with Crippen LogP contribution in [0.25, 0.3) is 11.0 Å². The molecule has 0 N–H and O–H groups in total. The van der Waals surface area contributed by atoms with Crippen LogP contribution in [-0.4, -0.2) is 22.3 Å². The number of alkyl halides is 1. The van der Waals surface area contributed by atoms with E-state index in [0.29, 0.717) is 12.1 Å². The number of halogens is 2. The second-order valence-corrected chi connectivity index (χ2v) is 5.92. The van der Waals surface area contributed by atoms with Crippen molar-refractivity contribution in [3.8, 4) is 0 Å². The molecule has 2 rings (SSSR count). The molecule has 19 heavy (non-hydrogen) atoms. The zero-order valence-electron chi connectivity index (χ0n) is 11.6. The van der Waals surface area contributed by atoms with Crippen LogP contribution < -0.4 is 0 Å². The van der Waals surface area contributed by atoms with Gasteiger partial charge in [-0.1, -0.05) is 0 Å². The van der Waals surface area contributed by atoms with E-state index >= 15 is 0 Å². The molecule has 0 aliphatic carbocycles. The van der Waals surface area contributed by atoms with Crippen LogP contribution in [0.3, 0.4) is 0 Å². The third-order valence-corrected chi connectivity index (χ3v) is 3.38. The second kappa shape index (κ2) is 5.10. The van der Waals surface area contributed by atoms with Gasteiger partial charge in [0.15, 0.2) is 0 Å². The maximum Gasteiger partial charge on any atom is 0.127 e. The Kier molecular flexibility index (Phi) is 3.83. The average molecular weight is 285 g/mol. The van der Waals surface area contributed by atoms with E-state index in [1.807, 2.05) is 25.3 Å². The first kappa shape index (κ1) is 14.3. The minimum absolute atomic E-state index is 0.247. The second-order valence-electron chi connectivity index (χ2n) is 5.27. The molecule has 0 amide bonds. The van der Waals surface area contributed by atoms with Crippen molar-refractivity contribution in [1.29, 1.82) is 0 Å². The Labute approximate surface area is 117 Å². The molecule has 1 unspecified atom stereocenters. The van der Waals surface area contributed by atoms with Gasteiger partial charge < -0.3 is 9.30 Å². The highest BCUT2D eigenvalue weighted by atomic mass is 35.5. The molecule has 3 nitrogen and oxygen atoms in total. The minimum Gasteiger partial charge on any atom is -0.377 e. The van der Waals surface area contributed by atoms with E-state index in [-0.39, 0.29) is 16.8 Å². The van der Waals surface area contributed by atoms with Crippen molar-refractivity contribution in [3.05, 3.63) is 29.8 Å². The third-order valence-electron chi connectivity index (χ3n) is 3.19. The smallest absolute Gasteiger partial charge is 0.127 e. The molecule has 1 atom stereocenters. The molecule has 1 heterocycles. The van der Waals surface area contributed by atoms with Gasteiger partial charge in [-0.25, -0.2) is 9.37 Å². The molecule has 0 saturated heterocycles. The number of nitrogens with zero attached hydrogens (tertiary/aromatic N) is 2. The highest BCUT2D eigenvalue weighted by molar-refractivity contribution is 6.20. The lowest BCUT2D eigenvalue weighted by Gasteiger charge is -2.25. The van der Waals surface area contributed by atoms with E-state index in [9.17, 15) is 4.39 Å². The van der Waals surface area contributed by atoms with Gasteiger partial charge in [0.1, 0.15) is 11.6 Å². The molecule has 0 saturated carbocycles. The van der Waals surface area contributed by atoms with Crippen molar-refractivity contribution in [1.82, 2.24) is 9.55 Å². The summed E-state index contributed by atoms with van der Waals surface area (Å²) in [5, 5.41) is -0.247. The summed E-state index contributed by atoms with van der Waals surface area (Å²) in [5.74, 6) is 0.435. The normalized spacial score (nSPS) is 14.0. The Morgan fingerprint density at radius 3 is 2.74 bits per heavy atom. The molecule has 0 aliphatic rings. The van der Waals surface area contributed by atoms with E-state index in [2.05, 4.69) is 4.98 Å². The number of hydrogen-bond acceptors (Lipinski definition) is 2. The molecular formula is C14H18ClFN2O. The molecule has 104 valence electrons. The number of imidazole rings is 1. The van der Waals surface area contributed by atoms with Gasteiger partial charge in [-0.05, 0) is 32.9 Å². The first-order valence-electron chi connectivity index (χ1n) is 6.19. The fourth-order valence-corrected chi connectivity index (χ4v) is 2.20. The molecule has 2 aromatic rings. The first-order chi connectivity index (χ1) is 8.84. The molecule has 0 spiro atoms. The van der Waals surface area contributed by atoms with Gasteiger partial charge in [0, 0.05) is 13.2 Å². The lowest BCUT2D eigenvalue weighted by molar-refractivity contribution is 0.00842. The molecular weight excluding hydrogens is 267 g/mol. The quantitative estimate of drug-likeness (QED) is 0.796. The van der Waals surface area contributed by atoms with Gasteiger partial charge in [0.2, 0.25) is 0 Å². The van der Waals surface area contributed by atoms with Crippen LogP contribution in [0.1, 0.15) is 32.0 Å². The highest BCUT2D eigenvalue weighted by Gasteiger charge is 2.23. The van der Waals surface area contributed by atoms with E-state index in [4.69, 9.17) is 16.3 Å². The van der Waals surface area contributed by atoms with E-state index < -0.39 is 0 Å². The molecule has 0 radical (unpaired) electrons. The summed E-state index contributed by atoms with van der Waals surface area (Å²) in [5.41, 5.74) is 1.14. The number of rotatable bonds is 4. The SMILES string of the molecule is COC(C)(C)Cn1c(C(C)Cl)nc2cc(F)ccc21. The number of ether oxygens (including phenoxy) is 1. The van der Waals surface area contributed by atoms with Crippen molar-refractivity contribution in [2.45, 2.75) is 38.3 Å². The van der Waals surface area contributed by atoms with Gasteiger partial charge >= 0.3 is 0 Å². The molecule has 1 aromatic carbocycles. The van der Waals surface area contributed by atoms with E-state index in [1.54, 1.807) is 13.2 Å². The van der Waals surface area contributed by atoms with Crippen molar-refractivity contribution in [3.63, 3.8) is 0 Å². The van der Waals surface area contributed by atoms with Crippen LogP contribution in [0.15, 0.2) is 18.2 Å². The summed E-state index contributed by atoms with van der Waals surface area (Å²) in [6.45, 7) is 6.45. The molecule has 0 bridgehead atoms.